The SMILES string of the molecule is NN/C(Sc1ccc(C#CCC2CC2)cc1)=C(\N)C(=O)O. The molecule has 21 heavy (non-hydrogen) atoms. The average molecular weight is 303 g/mol. The molecular formula is C15H17N3O2S. The van der Waals surface area contributed by atoms with Crippen LogP contribution < -0.4 is 17.0 Å². The molecule has 1 fully saturated rings. The summed E-state index contributed by atoms with van der Waals surface area (Å²) in [5.74, 6) is 11.2. The third kappa shape index (κ3) is 4.74. The van der Waals surface area contributed by atoms with E-state index in [4.69, 9.17) is 16.7 Å². The Morgan fingerprint density at radius 3 is 2.57 bits per heavy atom. The average Bonchev–Trinajstić information content (AvgIpc) is 3.29. The van der Waals surface area contributed by atoms with Gasteiger partial charge in [-0.2, -0.15) is 0 Å². The van der Waals surface area contributed by atoms with E-state index in [9.17, 15) is 4.79 Å². The van der Waals surface area contributed by atoms with Crippen LogP contribution >= 0.6 is 11.8 Å². The fourth-order valence-electron chi connectivity index (χ4n) is 1.60. The minimum Gasteiger partial charge on any atom is -0.477 e. The van der Waals surface area contributed by atoms with E-state index in [1.54, 1.807) is 0 Å². The van der Waals surface area contributed by atoms with Gasteiger partial charge in [0.05, 0.1) is 0 Å². The van der Waals surface area contributed by atoms with Crippen LogP contribution in [0.3, 0.4) is 0 Å². The highest BCUT2D eigenvalue weighted by atomic mass is 32.2. The number of nitrogens with one attached hydrogen (secondary N) is 1. The second kappa shape index (κ2) is 7.07. The summed E-state index contributed by atoms with van der Waals surface area (Å²) in [7, 11) is 0. The van der Waals surface area contributed by atoms with Gasteiger partial charge in [-0.1, -0.05) is 23.6 Å². The van der Waals surface area contributed by atoms with Crippen LogP contribution in [-0.2, 0) is 4.79 Å². The number of carboxylic acids is 1. The van der Waals surface area contributed by atoms with Gasteiger partial charge in [-0.15, -0.1) is 0 Å². The number of benzene rings is 1. The van der Waals surface area contributed by atoms with Gasteiger partial charge < -0.3 is 16.3 Å². The monoisotopic (exact) mass is 303 g/mol. The Labute approximate surface area is 127 Å². The Bertz CT molecular complexity index is 610. The van der Waals surface area contributed by atoms with Crippen molar-refractivity contribution in [3.63, 3.8) is 0 Å². The number of aliphatic carboxylic acids is 1. The molecule has 1 aliphatic rings. The van der Waals surface area contributed by atoms with Crippen molar-refractivity contribution in [2.24, 2.45) is 17.5 Å². The Morgan fingerprint density at radius 1 is 1.38 bits per heavy atom. The first-order valence-electron chi connectivity index (χ1n) is 6.56. The maximum Gasteiger partial charge on any atom is 0.354 e. The van der Waals surface area contributed by atoms with Crippen LogP contribution in [0.25, 0.3) is 0 Å². The number of hydrazine groups is 1. The number of nitrogens with two attached hydrogens (primary N) is 2. The number of hydrogen-bond donors (Lipinski definition) is 4. The molecule has 1 aliphatic carbocycles. The van der Waals surface area contributed by atoms with Crippen molar-refractivity contribution in [3.05, 3.63) is 40.6 Å². The summed E-state index contributed by atoms with van der Waals surface area (Å²) < 4.78 is 0. The van der Waals surface area contributed by atoms with Gasteiger partial charge in [0.25, 0.3) is 0 Å². The number of rotatable bonds is 5. The summed E-state index contributed by atoms with van der Waals surface area (Å²) in [6, 6.07) is 7.51. The number of carboxylic acid groups (broad SMARTS) is 1. The summed E-state index contributed by atoms with van der Waals surface area (Å²) in [4.78, 5) is 11.6. The Balaban J connectivity index is 2.02. The summed E-state index contributed by atoms with van der Waals surface area (Å²) in [5, 5.41) is 9.05. The van der Waals surface area contributed by atoms with Crippen molar-refractivity contribution in [1.29, 1.82) is 0 Å². The Morgan fingerprint density at radius 2 is 2.05 bits per heavy atom. The van der Waals surface area contributed by atoms with Gasteiger partial charge in [-0.25, -0.2) is 10.6 Å². The molecule has 0 radical (unpaired) electrons. The van der Waals surface area contributed by atoms with Crippen LogP contribution in [0, 0.1) is 17.8 Å². The zero-order valence-corrected chi connectivity index (χ0v) is 12.2. The molecule has 1 aromatic rings. The van der Waals surface area contributed by atoms with Crippen LogP contribution in [0.5, 0.6) is 0 Å². The molecule has 0 saturated heterocycles. The predicted molar refractivity (Wildman–Crippen MR) is 82.7 cm³/mol. The first kappa shape index (κ1) is 15.3. The van der Waals surface area contributed by atoms with E-state index in [1.165, 1.54) is 12.8 Å². The van der Waals surface area contributed by atoms with E-state index >= 15 is 0 Å². The Kier molecular flexibility index (Phi) is 5.14. The van der Waals surface area contributed by atoms with E-state index in [-0.39, 0.29) is 10.7 Å². The van der Waals surface area contributed by atoms with Gasteiger partial charge in [0.15, 0.2) is 0 Å². The van der Waals surface area contributed by atoms with E-state index in [0.29, 0.717) is 0 Å². The third-order valence-electron chi connectivity index (χ3n) is 3.00. The summed E-state index contributed by atoms with van der Waals surface area (Å²) in [6.07, 6.45) is 3.57. The lowest BCUT2D eigenvalue weighted by Crippen LogP contribution is -2.26. The Hall–Kier alpha value is -2.10. The smallest absolute Gasteiger partial charge is 0.354 e. The van der Waals surface area contributed by atoms with Crippen LogP contribution in [0.4, 0.5) is 0 Å². The summed E-state index contributed by atoms with van der Waals surface area (Å²) in [5.41, 5.74) is 8.38. The first-order chi connectivity index (χ1) is 10.1. The molecule has 6 N–H and O–H groups in total. The van der Waals surface area contributed by atoms with Gasteiger partial charge in [-0.3, -0.25) is 0 Å². The number of carbonyl (C=O) groups is 1. The quantitative estimate of drug-likeness (QED) is 0.217. The lowest BCUT2D eigenvalue weighted by Gasteiger charge is -2.08. The highest BCUT2D eigenvalue weighted by Crippen LogP contribution is 2.31. The molecule has 0 spiro atoms. The molecule has 0 amide bonds. The van der Waals surface area contributed by atoms with Crippen LogP contribution in [0.1, 0.15) is 24.8 Å². The van der Waals surface area contributed by atoms with Crippen molar-refractivity contribution in [2.75, 3.05) is 0 Å². The first-order valence-corrected chi connectivity index (χ1v) is 7.38. The molecule has 0 bridgehead atoms. The summed E-state index contributed by atoms with van der Waals surface area (Å²) in [6.45, 7) is 0. The van der Waals surface area contributed by atoms with E-state index in [0.717, 1.165) is 34.6 Å². The highest BCUT2D eigenvalue weighted by molar-refractivity contribution is 8.03. The molecule has 2 rings (SSSR count). The fourth-order valence-corrected chi connectivity index (χ4v) is 2.37. The molecular weight excluding hydrogens is 286 g/mol. The minimum atomic E-state index is -1.21. The van der Waals surface area contributed by atoms with Gasteiger partial charge in [-0.05, 0) is 43.0 Å². The molecule has 0 aromatic heterocycles. The summed E-state index contributed by atoms with van der Waals surface area (Å²) >= 11 is 1.16. The topological polar surface area (TPSA) is 101 Å². The lowest BCUT2D eigenvalue weighted by atomic mass is 10.2. The van der Waals surface area contributed by atoms with Crippen molar-refractivity contribution >= 4 is 17.7 Å². The molecule has 110 valence electrons. The van der Waals surface area contributed by atoms with Gasteiger partial charge in [0, 0.05) is 16.9 Å². The molecule has 1 saturated carbocycles. The molecule has 0 heterocycles. The highest BCUT2D eigenvalue weighted by Gasteiger charge is 2.19. The van der Waals surface area contributed by atoms with Crippen LogP contribution in [0.15, 0.2) is 39.9 Å². The molecule has 5 nitrogen and oxygen atoms in total. The van der Waals surface area contributed by atoms with E-state index in [1.807, 2.05) is 24.3 Å². The molecule has 0 aliphatic heterocycles. The van der Waals surface area contributed by atoms with E-state index in [2.05, 4.69) is 17.3 Å². The number of hydrogen-bond acceptors (Lipinski definition) is 5. The van der Waals surface area contributed by atoms with E-state index < -0.39 is 5.97 Å². The number of thioether (sulfide) groups is 1. The predicted octanol–water partition coefficient (Wildman–Crippen LogP) is 1.61. The second-order valence-corrected chi connectivity index (χ2v) is 5.85. The fraction of sp³-hybridized carbons (Fsp3) is 0.267. The van der Waals surface area contributed by atoms with Gasteiger partial charge in [0.1, 0.15) is 10.7 Å². The third-order valence-corrected chi connectivity index (χ3v) is 4.05. The minimum absolute atomic E-state index is 0.204. The van der Waals surface area contributed by atoms with Crippen molar-refractivity contribution in [3.8, 4) is 11.8 Å². The molecule has 1 aromatic carbocycles. The van der Waals surface area contributed by atoms with Crippen molar-refractivity contribution < 1.29 is 9.90 Å². The van der Waals surface area contributed by atoms with Crippen LogP contribution in [-0.4, -0.2) is 11.1 Å². The zero-order chi connectivity index (χ0) is 15.2. The standard InChI is InChI=1S/C15H17N3O2S/c16-13(15(19)20)14(18-17)21-12-8-6-11(7-9-12)3-1-2-10-4-5-10/h6-10,18H,2,4-5,16-17H2,(H,19,20)/b14-13+. The molecule has 6 heteroatoms. The van der Waals surface area contributed by atoms with Crippen molar-refractivity contribution in [1.82, 2.24) is 5.43 Å². The second-order valence-electron chi connectivity index (χ2n) is 4.77. The van der Waals surface area contributed by atoms with Crippen molar-refractivity contribution in [2.45, 2.75) is 24.2 Å². The maximum atomic E-state index is 10.8. The lowest BCUT2D eigenvalue weighted by molar-refractivity contribution is -0.132. The maximum absolute atomic E-state index is 10.8. The zero-order valence-electron chi connectivity index (χ0n) is 11.4. The largest absolute Gasteiger partial charge is 0.477 e. The van der Waals surface area contributed by atoms with Gasteiger partial charge >= 0.3 is 5.97 Å². The van der Waals surface area contributed by atoms with Gasteiger partial charge in [0.2, 0.25) is 0 Å². The molecule has 0 atom stereocenters. The normalized spacial score (nSPS) is 14.7. The molecule has 0 unspecified atom stereocenters. The van der Waals surface area contributed by atoms with Crippen LogP contribution in [0.2, 0.25) is 0 Å².